The highest BCUT2D eigenvalue weighted by Gasteiger charge is 2.46. The van der Waals surface area contributed by atoms with E-state index < -0.39 is 7.71 Å². The summed E-state index contributed by atoms with van der Waals surface area (Å²) in [5, 5.41) is 1.19. The first-order chi connectivity index (χ1) is 18.7. The van der Waals surface area contributed by atoms with Crippen molar-refractivity contribution in [2.45, 2.75) is 26.2 Å². The van der Waals surface area contributed by atoms with E-state index in [9.17, 15) is 0 Å². The van der Waals surface area contributed by atoms with Gasteiger partial charge < -0.3 is 0 Å². The standard InChI is InChI=1S/C34H33ClN2Si/c35-38(34-24-14-5-15-25-34,36(26-30-16-6-1-7-17-30)27-31-18-8-2-9-19-31)37(28-32-20-10-3-11-21-32)29-33-22-12-4-13-23-33/h1-25H,26-29H2. The van der Waals surface area contributed by atoms with E-state index in [0.29, 0.717) is 0 Å². The molecule has 0 saturated heterocycles. The quantitative estimate of drug-likeness (QED) is 0.128. The second-order valence-corrected chi connectivity index (χ2v) is 14.2. The van der Waals surface area contributed by atoms with Crippen molar-refractivity contribution in [3.63, 3.8) is 0 Å². The van der Waals surface area contributed by atoms with E-state index in [1.54, 1.807) is 0 Å². The van der Waals surface area contributed by atoms with Gasteiger partial charge in [0.15, 0.2) is 0 Å². The first kappa shape index (κ1) is 26.1. The van der Waals surface area contributed by atoms with E-state index in [-0.39, 0.29) is 0 Å². The molecular formula is C34H33ClN2Si. The smallest absolute Gasteiger partial charge is 0.288 e. The fourth-order valence-electron chi connectivity index (χ4n) is 4.96. The Balaban J connectivity index is 1.64. The van der Waals surface area contributed by atoms with Crippen LogP contribution in [0.2, 0.25) is 0 Å². The molecule has 0 fully saturated rings. The monoisotopic (exact) mass is 532 g/mol. The summed E-state index contributed by atoms with van der Waals surface area (Å²) in [7, 11) is -2.98. The molecule has 4 heteroatoms. The molecule has 5 aromatic rings. The maximum Gasteiger partial charge on any atom is 0.341 e. The molecule has 0 aliphatic heterocycles. The molecule has 5 aromatic carbocycles. The van der Waals surface area contributed by atoms with Gasteiger partial charge in [-0.1, -0.05) is 152 Å². The number of benzene rings is 5. The Kier molecular flexibility index (Phi) is 8.85. The summed E-state index contributed by atoms with van der Waals surface area (Å²) in [6, 6.07) is 53.6. The molecule has 0 amide bonds. The van der Waals surface area contributed by atoms with Crippen LogP contribution in [-0.4, -0.2) is 16.8 Å². The minimum Gasteiger partial charge on any atom is -0.288 e. The summed E-state index contributed by atoms with van der Waals surface area (Å²) in [5.41, 5.74) is 5.04. The van der Waals surface area contributed by atoms with Crippen LogP contribution in [0.15, 0.2) is 152 Å². The summed E-state index contributed by atoms with van der Waals surface area (Å²) in [6.45, 7) is 3.06. The van der Waals surface area contributed by atoms with Crippen LogP contribution in [0.3, 0.4) is 0 Å². The van der Waals surface area contributed by atoms with Crippen molar-refractivity contribution >= 4 is 24.0 Å². The molecule has 190 valence electrons. The van der Waals surface area contributed by atoms with E-state index in [1.165, 1.54) is 27.4 Å². The zero-order valence-corrected chi connectivity index (χ0v) is 23.3. The number of hydrogen-bond acceptors (Lipinski definition) is 2. The highest BCUT2D eigenvalue weighted by atomic mass is 35.6. The van der Waals surface area contributed by atoms with Crippen LogP contribution in [0.1, 0.15) is 22.3 Å². The van der Waals surface area contributed by atoms with Crippen molar-refractivity contribution < 1.29 is 0 Å². The van der Waals surface area contributed by atoms with Gasteiger partial charge in [-0.25, -0.2) is 0 Å². The molecule has 0 spiro atoms. The molecule has 0 aromatic heterocycles. The van der Waals surface area contributed by atoms with Crippen molar-refractivity contribution in [2.75, 3.05) is 0 Å². The Morgan fingerprint density at radius 3 is 0.868 bits per heavy atom. The van der Waals surface area contributed by atoms with Gasteiger partial charge in [0, 0.05) is 26.2 Å². The van der Waals surface area contributed by atoms with Gasteiger partial charge in [0.25, 0.3) is 0 Å². The van der Waals surface area contributed by atoms with Crippen LogP contribution in [0.25, 0.3) is 0 Å². The summed E-state index contributed by atoms with van der Waals surface area (Å²) < 4.78 is 5.08. The van der Waals surface area contributed by atoms with E-state index in [0.717, 1.165) is 26.2 Å². The van der Waals surface area contributed by atoms with E-state index in [1.807, 2.05) is 0 Å². The van der Waals surface area contributed by atoms with E-state index >= 15 is 0 Å². The Morgan fingerprint density at radius 1 is 0.368 bits per heavy atom. The van der Waals surface area contributed by atoms with Crippen LogP contribution in [-0.2, 0) is 26.2 Å². The summed E-state index contributed by atoms with van der Waals surface area (Å²) in [5.74, 6) is 0. The zero-order valence-electron chi connectivity index (χ0n) is 21.5. The molecule has 0 bridgehead atoms. The van der Waals surface area contributed by atoms with Crippen LogP contribution in [0, 0.1) is 0 Å². The van der Waals surface area contributed by atoms with Gasteiger partial charge in [-0.05, 0) is 27.4 Å². The highest BCUT2D eigenvalue weighted by molar-refractivity contribution is 7.24. The Morgan fingerprint density at radius 2 is 0.605 bits per heavy atom. The van der Waals surface area contributed by atoms with Crippen molar-refractivity contribution in [1.82, 2.24) is 9.13 Å². The predicted molar refractivity (Wildman–Crippen MR) is 162 cm³/mol. The molecule has 38 heavy (non-hydrogen) atoms. The first-order valence-corrected chi connectivity index (χ1v) is 16.0. The molecule has 0 heterocycles. The van der Waals surface area contributed by atoms with Crippen molar-refractivity contribution in [1.29, 1.82) is 0 Å². The SMILES string of the molecule is Cl[Si](c1ccccc1)(N(Cc1ccccc1)Cc1ccccc1)N(Cc1ccccc1)Cc1ccccc1. The molecule has 0 saturated carbocycles. The second-order valence-electron chi connectivity index (χ2n) is 9.61. The highest BCUT2D eigenvalue weighted by Crippen LogP contribution is 2.29. The average Bonchev–Trinajstić information content (AvgIpc) is 2.99. The van der Waals surface area contributed by atoms with Gasteiger partial charge in [0.2, 0.25) is 0 Å². The predicted octanol–water partition coefficient (Wildman–Crippen LogP) is 7.48. The van der Waals surface area contributed by atoms with Gasteiger partial charge in [-0.3, -0.25) is 9.13 Å². The Hall–Kier alpha value is -3.47. The van der Waals surface area contributed by atoms with Gasteiger partial charge >= 0.3 is 7.71 Å². The first-order valence-electron chi connectivity index (χ1n) is 13.1. The van der Waals surface area contributed by atoms with Crippen molar-refractivity contribution in [3.8, 4) is 0 Å². The van der Waals surface area contributed by atoms with Gasteiger partial charge in [-0.2, -0.15) is 0 Å². The van der Waals surface area contributed by atoms with Crippen molar-refractivity contribution in [2.24, 2.45) is 0 Å². The van der Waals surface area contributed by atoms with E-state index in [4.69, 9.17) is 11.1 Å². The van der Waals surface area contributed by atoms with Gasteiger partial charge in [0.1, 0.15) is 0 Å². The van der Waals surface area contributed by atoms with E-state index in [2.05, 4.69) is 161 Å². The van der Waals surface area contributed by atoms with Crippen LogP contribution >= 0.6 is 11.1 Å². The fraction of sp³-hybridized carbons (Fsp3) is 0.118. The maximum atomic E-state index is 8.19. The lowest BCUT2D eigenvalue weighted by Gasteiger charge is -2.45. The molecule has 0 atom stereocenters. The topological polar surface area (TPSA) is 6.48 Å². The third kappa shape index (κ3) is 6.50. The van der Waals surface area contributed by atoms with Gasteiger partial charge in [-0.15, -0.1) is 11.1 Å². The lowest BCUT2D eigenvalue weighted by Crippen LogP contribution is -2.68. The summed E-state index contributed by atoms with van der Waals surface area (Å²) in [6.07, 6.45) is 0. The van der Waals surface area contributed by atoms with Crippen LogP contribution < -0.4 is 5.19 Å². The maximum absolute atomic E-state index is 8.19. The van der Waals surface area contributed by atoms with Crippen LogP contribution in [0.4, 0.5) is 0 Å². The normalized spacial score (nSPS) is 11.7. The molecule has 0 N–H and O–H groups in total. The molecule has 0 aliphatic carbocycles. The largest absolute Gasteiger partial charge is 0.341 e. The Bertz CT molecular complexity index is 1200. The van der Waals surface area contributed by atoms with Crippen LogP contribution in [0.5, 0.6) is 0 Å². The molecular weight excluding hydrogens is 500 g/mol. The zero-order chi connectivity index (χ0) is 26.0. The lowest BCUT2D eigenvalue weighted by molar-refractivity contribution is 0.322. The third-order valence-corrected chi connectivity index (χ3v) is 12.3. The fourth-order valence-corrected chi connectivity index (χ4v) is 9.37. The minimum atomic E-state index is -2.98. The lowest BCUT2D eigenvalue weighted by atomic mass is 10.2. The number of nitrogens with zero attached hydrogens (tertiary/aromatic N) is 2. The third-order valence-electron chi connectivity index (χ3n) is 6.84. The molecule has 0 unspecified atom stereocenters. The number of halogens is 1. The number of rotatable bonds is 11. The van der Waals surface area contributed by atoms with Gasteiger partial charge in [0.05, 0.1) is 0 Å². The van der Waals surface area contributed by atoms with Crippen molar-refractivity contribution in [3.05, 3.63) is 174 Å². The molecule has 2 nitrogen and oxygen atoms in total. The second kappa shape index (κ2) is 12.9. The Labute approximate surface area is 232 Å². The summed E-state index contributed by atoms with van der Waals surface area (Å²) >= 11 is 8.19. The average molecular weight is 533 g/mol. The molecule has 5 rings (SSSR count). The molecule has 0 radical (unpaired) electrons. The molecule has 0 aliphatic rings. The minimum absolute atomic E-state index is 0.764. The number of hydrogen-bond donors (Lipinski definition) is 0. The summed E-state index contributed by atoms with van der Waals surface area (Å²) in [4.78, 5) is 0.